The molecule has 0 atom stereocenters. The molecule has 35 heavy (non-hydrogen) atoms. The molecule has 7 nitrogen and oxygen atoms in total. The summed E-state index contributed by atoms with van der Waals surface area (Å²) in [5.41, 5.74) is -1.04. The van der Waals surface area contributed by atoms with Crippen molar-refractivity contribution < 1.29 is 29.2 Å². The molecule has 5 rings (SSSR count). The first kappa shape index (κ1) is 24.3. The highest BCUT2D eigenvalue weighted by Gasteiger charge is 2.49. The quantitative estimate of drug-likeness (QED) is 0.648. The average Bonchev–Trinajstić information content (AvgIpc) is 3.46. The normalized spacial score (nSPS) is 21.7. The lowest BCUT2D eigenvalue weighted by atomic mass is 9.80. The van der Waals surface area contributed by atoms with Crippen molar-refractivity contribution in [1.29, 1.82) is 0 Å². The zero-order valence-electron chi connectivity index (χ0n) is 19.7. The van der Waals surface area contributed by atoms with Gasteiger partial charge in [-0.25, -0.2) is 13.1 Å². The van der Waals surface area contributed by atoms with E-state index >= 15 is 0 Å². The van der Waals surface area contributed by atoms with E-state index in [0.29, 0.717) is 43.7 Å². The van der Waals surface area contributed by atoms with Gasteiger partial charge < -0.3 is 14.8 Å². The first-order valence-electron chi connectivity index (χ1n) is 11.8. The zero-order valence-corrected chi connectivity index (χ0v) is 20.5. The summed E-state index contributed by atoms with van der Waals surface area (Å²) in [5, 5.41) is 3.49. The van der Waals surface area contributed by atoms with Crippen LogP contribution in [-0.4, -0.2) is 49.5 Å². The Morgan fingerprint density at radius 2 is 1.71 bits per heavy atom. The number of nitrogens with one attached hydrogen (secondary N) is 2. The Hall–Kier alpha value is -2.37. The van der Waals surface area contributed by atoms with Gasteiger partial charge >= 0.3 is 6.18 Å². The lowest BCUT2D eigenvalue weighted by Crippen LogP contribution is -2.61. The summed E-state index contributed by atoms with van der Waals surface area (Å²) in [6.07, 6.45) is -1.82. The van der Waals surface area contributed by atoms with E-state index in [1.807, 2.05) is 0 Å². The van der Waals surface area contributed by atoms with Gasteiger partial charge in [-0.2, -0.15) is 13.2 Å². The summed E-state index contributed by atoms with van der Waals surface area (Å²) in [6, 6.07) is 8.58. The number of nitrogens with zero attached hydrogens (tertiary/aromatic N) is 2. The number of rotatable bonds is 4. The van der Waals surface area contributed by atoms with Crippen LogP contribution < -0.4 is 10.0 Å². The third-order valence-corrected chi connectivity index (χ3v) is 8.88. The van der Waals surface area contributed by atoms with Crippen molar-refractivity contribution >= 4 is 15.9 Å². The molecule has 3 aliphatic rings. The monoisotopic (exact) mass is 514 g/mol. The van der Waals surface area contributed by atoms with Gasteiger partial charge in [-0.05, 0) is 75.9 Å². The van der Waals surface area contributed by atoms with E-state index in [4.69, 9.17) is 0 Å². The van der Waals surface area contributed by atoms with Crippen LogP contribution in [0.2, 0.25) is 0 Å². The smallest absolute Gasteiger partial charge is 0.338 e. The van der Waals surface area contributed by atoms with Gasteiger partial charge in [0.1, 0.15) is 5.69 Å². The second-order valence-corrected chi connectivity index (χ2v) is 12.1. The van der Waals surface area contributed by atoms with Crippen molar-refractivity contribution in [3.05, 3.63) is 53.3 Å². The summed E-state index contributed by atoms with van der Waals surface area (Å²) in [4.78, 5) is 14.9. The van der Waals surface area contributed by atoms with E-state index in [2.05, 4.69) is 10.0 Å². The molecule has 1 amide bonds. The van der Waals surface area contributed by atoms with Crippen LogP contribution >= 0.6 is 0 Å². The fourth-order valence-electron chi connectivity index (χ4n) is 5.21. The SMILES string of the molecule is CC1(C)CNC2(CCN(C(=O)c3ccc(S(=O)(=O)NC4CC4)cc3)CC2)c2ccc(C(F)(F)F)n21.[HH].[HH]. The number of carbonyl (C=O) groups is 1. The van der Waals surface area contributed by atoms with Gasteiger partial charge in [0.25, 0.3) is 5.91 Å². The van der Waals surface area contributed by atoms with Crippen molar-refractivity contribution in [2.75, 3.05) is 19.6 Å². The van der Waals surface area contributed by atoms with E-state index in [-0.39, 0.29) is 19.7 Å². The fraction of sp³-hybridized carbons (Fsp3) is 0.542. The van der Waals surface area contributed by atoms with E-state index < -0.39 is 33.0 Å². The number of alkyl halides is 3. The number of benzene rings is 1. The van der Waals surface area contributed by atoms with E-state index in [9.17, 15) is 26.4 Å². The Morgan fingerprint density at radius 3 is 2.29 bits per heavy atom. The molecule has 1 aromatic heterocycles. The molecule has 2 N–H and O–H groups in total. The van der Waals surface area contributed by atoms with E-state index in [1.54, 1.807) is 24.8 Å². The van der Waals surface area contributed by atoms with Gasteiger partial charge in [0, 0.05) is 39.8 Å². The number of aromatic nitrogens is 1. The van der Waals surface area contributed by atoms with Crippen molar-refractivity contribution in [2.45, 2.75) is 67.7 Å². The van der Waals surface area contributed by atoms with Crippen LogP contribution in [0.3, 0.4) is 0 Å². The van der Waals surface area contributed by atoms with Crippen LogP contribution in [0.1, 0.15) is 64.1 Å². The largest absolute Gasteiger partial charge is 0.431 e. The third-order valence-electron chi connectivity index (χ3n) is 7.34. The molecule has 1 aromatic carbocycles. The van der Waals surface area contributed by atoms with Crippen LogP contribution in [0.25, 0.3) is 0 Å². The summed E-state index contributed by atoms with van der Waals surface area (Å²) < 4.78 is 69.8. The molecule has 3 heterocycles. The Labute approximate surface area is 205 Å². The summed E-state index contributed by atoms with van der Waals surface area (Å²) in [5.74, 6) is -0.221. The molecule has 0 bridgehead atoms. The summed E-state index contributed by atoms with van der Waals surface area (Å²) in [6.45, 7) is 4.71. The Kier molecular flexibility index (Phi) is 5.61. The van der Waals surface area contributed by atoms with Gasteiger partial charge in [0.05, 0.1) is 16.0 Å². The number of halogens is 3. The number of amides is 1. The molecule has 2 fully saturated rings. The number of hydrogen-bond donors (Lipinski definition) is 2. The van der Waals surface area contributed by atoms with Crippen molar-refractivity contribution in [1.82, 2.24) is 19.5 Å². The number of sulfonamides is 1. The lowest BCUT2D eigenvalue weighted by molar-refractivity contribution is -0.146. The zero-order chi connectivity index (χ0) is 25.2. The second kappa shape index (κ2) is 8.07. The molecule has 2 aromatic rings. The molecule has 1 spiro atoms. The number of hydrogen-bond acceptors (Lipinski definition) is 4. The van der Waals surface area contributed by atoms with Crippen LogP contribution in [0.5, 0.6) is 0 Å². The highest BCUT2D eigenvalue weighted by atomic mass is 32.2. The first-order valence-corrected chi connectivity index (χ1v) is 13.3. The van der Waals surface area contributed by atoms with Gasteiger partial charge in [-0.3, -0.25) is 4.79 Å². The molecule has 11 heteroatoms. The predicted octanol–water partition coefficient (Wildman–Crippen LogP) is 3.91. The Balaban J connectivity index is 0.00000190. The Morgan fingerprint density at radius 1 is 1.09 bits per heavy atom. The minimum Gasteiger partial charge on any atom is -0.338 e. The van der Waals surface area contributed by atoms with Crippen molar-refractivity contribution in [3.8, 4) is 0 Å². The minimum atomic E-state index is -4.45. The average molecular weight is 515 g/mol. The number of carbonyl (C=O) groups excluding carboxylic acids is 1. The summed E-state index contributed by atoms with van der Waals surface area (Å²) >= 11 is 0. The van der Waals surface area contributed by atoms with Gasteiger partial charge in [-0.15, -0.1) is 0 Å². The Bertz CT molecular complexity index is 1250. The topological polar surface area (TPSA) is 83.4 Å². The molecule has 1 saturated carbocycles. The highest BCUT2D eigenvalue weighted by molar-refractivity contribution is 7.89. The second-order valence-electron chi connectivity index (χ2n) is 10.4. The molecule has 2 aliphatic heterocycles. The van der Waals surface area contributed by atoms with Gasteiger partial charge in [-0.1, -0.05) is 0 Å². The van der Waals surface area contributed by atoms with E-state index in [0.717, 1.165) is 18.9 Å². The van der Waals surface area contributed by atoms with Crippen LogP contribution in [-0.2, 0) is 27.3 Å². The van der Waals surface area contributed by atoms with E-state index in [1.165, 1.54) is 28.8 Å². The molecule has 0 unspecified atom stereocenters. The number of piperidine rings is 1. The molecule has 194 valence electrons. The first-order chi connectivity index (χ1) is 16.3. The van der Waals surface area contributed by atoms with Crippen LogP contribution in [0.4, 0.5) is 13.2 Å². The maximum absolute atomic E-state index is 13.7. The van der Waals surface area contributed by atoms with Crippen LogP contribution in [0, 0.1) is 0 Å². The minimum absolute atomic E-state index is 0. The predicted molar refractivity (Wildman–Crippen MR) is 128 cm³/mol. The van der Waals surface area contributed by atoms with Gasteiger partial charge in [0.2, 0.25) is 10.0 Å². The molecular formula is C24H33F3N4O3S. The molecule has 0 radical (unpaired) electrons. The molecule has 1 aliphatic carbocycles. The maximum Gasteiger partial charge on any atom is 0.431 e. The summed E-state index contributed by atoms with van der Waals surface area (Å²) in [7, 11) is -3.60. The van der Waals surface area contributed by atoms with Crippen molar-refractivity contribution in [2.24, 2.45) is 0 Å². The number of fused-ring (bicyclic) bond motifs is 2. The maximum atomic E-state index is 13.7. The molecular weight excluding hydrogens is 481 g/mol. The van der Waals surface area contributed by atoms with Crippen LogP contribution in [0.15, 0.2) is 41.3 Å². The van der Waals surface area contributed by atoms with Gasteiger partial charge in [0.15, 0.2) is 0 Å². The fourth-order valence-corrected chi connectivity index (χ4v) is 6.52. The molecule has 1 saturated heterocycles. The lowest BCUT2D eigenvalue weighted by Gasteiger charge is -2.50. The highest BCUT2D eigenvalue weighted by Crippen LogP contribution is 2.44. The third kappa shape index (κ3) is 4.38. The van der Waals surface area contributed by atoms with Crippen molar-refractivity contribution in [3.63, 3.8) is 0 Å². The standard InChI is InChI=1S/C24H29F3N4O3S.2H2/c1-22(2)15-28-23(19-9-10-20(31(19)22)24(25,26)27)11-13-30(14-12-23)21(32)16-3-7-18(8-4-16)35(33,34)29-17-5-6-17;;/h3-4,7-10,17,28-29H,5-6,11-15H2,1-2H3;2*1H. The number of likely N-dealkylation sites (tertiary alicyclic amines) is 1.